The first-order valence-corrected chi connectivity index (χ1v) is 9.75. The molecule has 9 nitrogen and oxygen atoms in total. The Morgan fingerprint density at radius 2 is 1.83 bits per heavy atom. The van der Waals surface area contributed by atoms with Crippen LogP contribution in [0.1, 0.15) is 40.0 Å². The van der Waals surface area contributed by atoms with Gasteiger partial charge in [-0.15, -0.1) is 10.2 Å². The normalized spacial score (nSPS) is 14.5. The number of rotatable bonds is 4. The molecule has 0 aliphatic carbocycles. The Hall–Kier alpha value is -3.75. The number of nitrogens with two attached hydrogens (primary N) is 1. The fourth-order valence-corrected chi connectivity index (χ4v) is 3.67. The van der Waals surface area contributed by atoms with Gasteiger partial charge < -0.3 is 15.7 Å². The second kappa shape index (κ2) is 7.94. The minimum absolute atomic E-state index is 0.116. The van der Waals surface area contributed by atoms with Gasteiger partial charge in [0, 0.05) is 25.5 Å². The van der Waals surface area contributed by atoms with Gasteiger partial charge in [0.25, 0.3) is 11.8 Å². The minimum Gasteiger partial charge on any atom is -0.505 e. The maximum atomic E-state index is 13.1. The molecular weight excluding hydrogens is 384 g/mol. The summed E-state index contributed by atoms with van der Waals surface area (Å²) < 4.78 is 1.37. The molecule has 2 heterocycles. The van der Waals surface area contributed by atoms with Crippen LogP contribution in [0.4, 0.5) is 11.5 Å². The number of nitrogens with zero attached hydrogens (tertiary/aromatic N) is 5. The van der Waals surface area contributed by atoms with Crippen molar-refractivity contribution in [1.29, 1.82) is 0 Å². The van der Waals surface area contributed by atoms with E-state index in [0.29, 0.717) is 18.5 Å². The number of amides is 2. The summed E-state index contributed by atoms with van der Waals surface area (Å²) in [7, 11) is 1.61. The summed E-state index contributed by atoms with van der Waals surface area (Å²) in [4.78, 5) is 26.4. The molecule has 2 amide bonds. The Labute approximate surface area is 172 Å². The van der Waals surface area contributed by atoms with Crippen LogP contribution in [0.15, 0.2) is 46.8 Å². The van der Waals surface area contributed by atoms with Gasteiger partial charge in [0.2, 0.25) is 0 Å². The highest BCUT2D eigenvalue weighted by Crippen LogP contribution is 2.40. The number of phenols is 1. The van der Waals surface area contributed by atoms with Crippen molar-refractivity contribution in [3.05, 3.63) is 47.7 Å². The van der Waals surface area contributed by atoms with Crippen LogP contribution in [0.25, 0.3) is 10.8 Å². The summed E-state index contributed by atoms with van der Waals surface area (Å²) in [5.41, 5.74) is 5.83. The molecule has 154 valence electrons. The number of piperidine rings is 1. The van der Waals surface area contributed by atoms with Crippen molar-refractivity contribution >= 4 is 34.1 Å². The molecule has 4 rings (SSSR count). The van der Waals surface area contributed by atoms with Gasteiger partial charge in [-0.1, -0.05) is 24.3 Å². The molecule has 1 aliphatic rings. The number of phenolic OH excluding ortho intramolecular Hbond substituents is 1. The first-order chi connectivity index (χ1) is 14.5. The van der Waals surface area contributed by atoms with E-state index in [0.717, 1.165) is 24.6 Å². The van der Waals surface area contributed by atoms with Gasteiger partial charge in [-0.2, -0.15) is 5.10 Å². The van der Waals surface area contributed by atoms with Crippen molar-refractivity contribution < 1.29 is 14.7 Å². The van der Waals surface area contributed by atoms with Crippen LogP contribution >= 0.6 is 0 Å². The highest BCUT2D eigenvalue weighted by Gasteiger charge is 2.24. The van der Waals surface area contributed by atoms with E-state index in [1.165, 1.54) is 10.9 Å². The third-order valence-corrected chi connectivity index (χ3v) is 5.29. The van der Waals surface area contributed by atoms with Gasteiger partial charge >= 0.3 is 0 Å². The van der Waals surface area contributed by atoms with Crippen molar-refractivity contribution in [2.24, 2.45) is 23.0 Å². The lowest BCUT2D eigenvalue weighted by atomic mass is 10.0. The van der Waals surface area contributed by atoms with E-state index in [4.69, 9.17) is 5.73 Å². The Bertz CT molecular complexity index is 1160. The Kier molecular flexibility index (Phi) is 5.18. The van der Waals surface area contributed by atoms with Gasteiger partial charge in [-0.05, 0) is 30.7 Å². The van der Waals surface area contributed by atoms with Crippen molar-refractivity contribution in [2.45, 2.75) is 19.3 Å². The van der Waals surface area contributed by atoms with E-state index >= 15 is 0 Å². The van der Waals surface area contributed by atoms with E-state index in [-0.39, 0.29) is 34.3 Å². The summed E-state index contributed by atoms with van der Waals surface area (Å²) in [6, 6.07) is 8.98. The van der Waals surface area contributed by atoms with Crippen LogP contribution in [-0.2, 0) is 7.05 Å². The zero-order valence-electron chi connectivity index (χ0n) is 16.6. The molecular formula is C21H22N6O3. The van der Waals surface area contributed by atoms with Crippen molar-refractivity contribution in [1.82, 2.24) is 14.7 Å². The molecule has 1 aliphatic heterocycles. The molecule has 2 aromatic carbocycles. The maximum Gasteiger partial charge on any atom is 0.257 e. The van der Waals surface area contributed by atoms with Crippen LogP contribution < -0.4 is 5.73 Å². The van der Waals surface area contributed by atoms with Crippen LogP contribution in [0.3, 0.4) is 0 Å². The summed E-state index contributed by atoms with van der Waals surface area (Å²) in [5.74, 6) is -0.984. The Morgan fingerprint density at radius 1 is 1.10 bits per heavy atom. The number of carbonyl (C=O) groups is 2. The quantitative estimate of drug-likeness (QED) is 0.644. The number of hydrogen-bond acceptors (Lipinski definition) is 6. The maximum absolute atomic E-state index is 13.1. The largest absolute Gasteiger partial charge is 0.505 e. The van der Waals surface area contributed by atoms with Crippen molar-refractivity contribution in [3.63, 3.8) is 0 Å². The Morgan fingerprint density at radius 3 is 2.57 bits per heavy atom. The number of likely N-dealkylation sites (tertiary alicyclic amines) is 1. The van der Waals surface area contributed by atoms with Crippen LogP contribution in [0.5, 0.6) is 5.75 Å². The molecule has 3 aromatic rings. The predicted octanol–water partition coefficient (Wildman–Crippen LogP) is 3.42. The number of aromatic nitrogens is 2. The summed E-state index contributed by atoms with van der Waals surface area (Å²) >= 11 is 0. The second-order valence-electron chi connectivity index (χ2n) is 7.27. The molecule has 3 N–H and O–H groups in total. The van der Waals surface area contributed by atoms with Crippen LogP contribution in [0, 0.1) is 0 Å². The van der Waals surface area contributed by atoms with E-state index in [9.17, 15) is 14.7 Å². The van der Waals surface area contributed by atoms with Crippen LogP contribution in [-0.4, -0.2) is 44.7 Å². The number of hydrogen-bond donors (Lipinski definition) is 2. The van der Waals surface area contributed by atoms with E-state index in [1.807, 2.05) is 18.2 Å². The SMILES string of the molecule is Cn1ncc(C(N)=O)c1/N=N/c1c(O)c(C(=O)N2CCCCC2)cc2ccccc12. The number of aromatic hydroxyl groups is 1. The lowest BCUT2D eigenvalue weighted by molar-refractivity contribution is 0.0721. The zero-order valence-corrected chi connectivity index (χ0v) is 16.6. The summed E-state index contributed by atoms with van der Waals surface area (Å²) in [6.45, 7) is 1.33. The van der Waals surface area contributed by atoms with Gasteiger partial charge in [0.15, 0.2) is 11.6 Å². The molecule has 1 fully saturated rings. The molecule has 0 radical (unpaired) electrons. The van der Waals surface area contributed by atoms with Gasteiger partial charge in [0.05, 0.1) is 11.8 Å². The lowest BCUT2D eigenvalue weighted by Crippen LogP contribution is -2.35. The summed E-state index contributed by atoms with van der Waals surface area (Å²) in [6.07, 6.45) is 4.30. The lowest BCUT2D eigenvalue weighted by Gasteiger charge is -2.27. The minimum atomic E-state index is -0.680. The van der Waals surface area contributed by atoms with E-state index in [1.54, 1.807) is 24.1 Å². The molecule has 0 unspecified atom stereocenters. The molecule has 30 heavy (non-hydrogen) atoms. The number of fused-ring (bicyclic) bond motifs is 1. The third kappa shape index (κ3) is 3.49. The fraction of sp³-hybridized carbons (Fsp3) is 0.286. The zero-order chi connectivity index (χ0) is 21.3. The fourth-order valence-electron chi connectivity index (χ4n) is 3.67. The number of aryl methyl sites for hydroxylation is 1. The van der Waals surface area contributed by atoms with Gasteiger partial charge in [-0.25, -0.2) is 4.68 Å². The molecule has 1 saturated heterocycles. The van der Waals surface area contributed by atoms with Gasteiger partial charge in [-0.3, -0.25) is 9.59 Å². The predicted molar refractivity (Wildman–Crippen MR) is 111 cm³/mol. The number of carbonyl (C=O) groups excluding carboxylic acids is 2. The number of benzene rings is 2. The van der Waals surface area contributed by atoms with Crippen molar-refractivity contribution in [2.75, 3.05) is 13.1 Å². The molecule has 0 saturated carbocycles. The first kappa shape index (κ1) is 19.6. The highest BCUT2D eigenvalue weighted by molar-refractivity contribution is 6.06. The smallest absolute Gasteiger partial charge is 0.257 e. The number of primary amides is 1. The second-order valence-corrected chi connectivity index (χ2v) is 7.27. The molecule has 0 atom stereocenters. The van der Waals surface area contributed by atoms with E-state index < -0.39 is 5.91 Å². The topological polar surface area (TPSA) is 126 Å². The average molecular weight is 406 g/mol. The monoisotopic (exact) mass is 406 g/mol. The Balaban J connectivity index is 1.83. The molecule has 1 aromatic heterocycles. The number of azo groups is 1. The molecule has 0 spiro atoms. The first-order valence-electron chi connectivity index (χ1n) is 9.75. The van der Waals surface area contributed by atoms with E-state index in [2.05, 4.69) is 15.3 Å². The summed E-state index contributed by atoms with van der Waals surface area (Å²) in [5, 5.41) is 24.6. The molecule has 0 bridgehead atoms. The standard InChI is InChI=1S/C21H22N6O3/c1-26-20(16(12-23-26)19(22)29)25-24-17-14-8-4-3-7-13(14)11-15(18(17)28)21(30)27-9-5-2-6-10-27/h3-4,7-8,11-12,28H,2,5-6,9-10H2,1H3,(H2,22,29)/b25-24+. The van der Waals surface area contributed by atoms with Gasteiger partial charge in [0.1, 0.15) is 11.3 Å². The molecule has 9 heteroatoms. The highest BCUT2D eigenvalue weighted by atomic mass is 16.3. The average Bonchev–Trinajstić information content (AvgIpc) is 3.13. The third-order valence-electron chi connectivity index (χ3n) is 5.29. The van der Waals surface area contributed by atoms with Crippen molar-refractivity contribution in [3.8, 4) is 5.75 Å². The van der Waals surface area contributed by atoms with Crippen LogP contribution in [0.2, 0.25) is 0 Å².